The molecule has 2 heterocycles. The molecule has 1 aliphatic carbocycles. The van der Waals surface area contributed by atoms with Gasteiger partial charge < -0.3 is 15.2 Å². The molecule has 2 amide bonds. The lowest BCUT2D eigenvalue weighted by atomic mass is 10.1. The number of carbonyl (C=O) groups is 2. The van der Waals surface area contributed by atoms with Crippen molar-refractivity contribution in [2.75, 3.05) is 5.32 Å². The first kappa shape index (κ1) is 20.3. The quantitative estimate of drug-likeness (QED) is 0.557. The van der Waals surface area contributed by atoms with Crippen molar-refractivity contribution in [3.8, 4) is 10.7 Å². The first-order valence-electron chi connectivity index (χ1n) is 10.3. The smallest absolute Gasteiger partial charge is 0.253 e. The summed E-state index contributed by atoms with van der Waals surface area (Å²) >= 11 is 1.55. The maximum Gasteiger partial charge on any atom is 0.253 e. The van der Waals surface area contributed by atoms with Gasteiger partial charge in [0.25, 0.3) is 5.91 Å². The summed E-state index contributed by atoms with van der Waals surface area (Å²) in [7, 11) is 0. The number of hydrogen-bond acceptors (Lipinski definition) is 6. The molecular formula is C22H24N4O3S. The highest BCUT2D eigenvalue weighted by atomic mass is 32.1. The molecule has 0 spiro atoms. The Balaban J connectivity index is 1.28. The summed E-state index contributed by atoms with van der Waals surface area (Å²) in [5.74, 6) is 0.813. The van der Waals surface area contributed by atoms with E-state index in [1.807, 2.05) is 23.6 Å². The predicted octanol–water partition coefficient (Wildman–Crippen LogP) is 4.43. The van der Waals surface area contributed by atoms with Crippen LogP contribution in [-0.2, 0) is 11.2 Å². The van der Waals surface area contributed by atoms with Crippen LogP contribution in [0.5, 0.6) is 0 Å². The number of thiophene rings is 1. The standard InChI is InChI=1S/C22H24N4O3S/c27-19(12-5-13-20-25-21(26-29-20)18-11-6-14-30-18)24-17-10-4-3-9-16(17)22(28)23-15-7-1-2-8-15/h3-4,6,9-11,14-15H,1-2,5,7-8,12-13H2,(H,23,28)(H,24,27). The average molecular weight is 425 g/mol. The van der Waals surface area contributed by atoms with Gasteiger partial charge in [-0.15, -0.1) is 11.3 Å². The number of nitrogens with zero attached hydrogens (tertiary/aromatic N) is 2. The molecule has 4 rings (SSSR count). The number of amides is 2. The summed E-state index contributed by atoms with van der Waals surface area (Å²) in [5, 5.41) is 11.9. The molecule has 0 saturated heterocycles. The van der Waals surface area contributed by atoms with Gasteiger partial charge in [0.1, 0.15) is 0 Å². The molecule has 0 radical (unpaired) electrons. The number of para-hydroxylation sites is 1. The number of benzene rings is 1. The number of aryl methyl sites for hydroxylation is 1. The van der Waals surface area contributed by atoms with Crippen LogP contribution >= 0.6 is 11.3 Å². The van der Waals surface area contributed by atoms with Crippen molar-refractivity contribution in [2.45, 2.75) is 51.0 Å². The van der Waals surface area contributed by atoms with Crippen LogP contribution in [-0.4, -0.2) is 28.0 Å². The van der Waals surface area contributed by atoms with Crippen LogP contribution in [0.25, 0.3) is 10.7 Å². The third kappa shape index (κ3) is 5.13. The fourth-order valence-electron chi connectivity index (χ4n) is 3.60. The highest BCUT2D eigenvalue weighted by Gasteiger charge is 2.20. The van der Waals surface area contributed by atoms with Crippen LogP contribution in [0.3, 0.4) is 0 Å². The van der Waals surface area contributed by atoms with Crippen molar-refractivity contribution in [2.24, 2.45) is 0 Å². The van der Waals surface area contributed by atoms with E-state index in [-0.39, 0.29) is 17.9 Å². The molecule has 2 aromatic heterocycles. The van der Waals surface area contributed by atoms with E-state index in [1.54, 1.807) is 29.5 Å². The minimum Gasteiger partial charge on any atom is -0.349 e. The van der Waals surface area contributed by atoms with Gasteiger partial charge in [-0.25, -0.2) is 0 Å². The molecule has 1 aromatic carbocycles. The third-order valence-electron chi connectivity index (χ3n) is 5.14. The van der Waals surface area contributed by atoms with E-state index in [0.717, 1.165) is 30.6 Å². The highest BCUT2D eigenvalue weighted by molar-refractivity contribution is 7.13. The molecule has 8 heteroatoms. The van der Waals surface area contributed by atoms with Crippen molar-refractivity contribution in [3.05, 3.63) is 53.2 Å². The van der Waals surface area contributed by atoms with E-state index in [0.29, 0.717) is 42.2 Å². The van der Waals surface area contributed by atoms with Crippen LogP contribution in [0.1, 0.15) is 54.8 Å². The van der Waals surface area contributed by atoms with Crippen LogP contribution in [0.15, 0.2) is 46.3 Å². The third-order valence-corrected chi connectivity index (χ3v) is 6.01. The first-order valence-corrected chi connectivity index (χ1v) is 11.1. The maximum absolute atomic E-state index is 12.6. The molecule has 3 aromatic rings. The van der Waals surface area contributed by atoms with Gasteiger partial charge in [0.05, 0.1) is 16.1 Å². The molecule has 30 heavy (non-hydrogen) atoms. The summed E-state index contributed by atoms with van der Waals surface area (Å²) in [6, 6.07) is 11.2. The van der Waals surface area contributed by atoms with Crippen molar-refractivity contribution in [1.29, 1.82) is 0 Å². The topological polar surface area (TPSA) is 97.1 Å². The number of nitrogens with one attached hydrogen (secondary N) is 2. The van der Waals surface area contributed by atoms with Gasteiger partial charge in [-0.2, -0.15) is 4.98 Å². The average Bonchev–Trinajstić information content (AvgIpc) is 3.51. The zero-order chi connectivity index (χ0) is 20.8. The van der Waals surface area contributed by atoms with Crippen molar-refractivity contribution in [3.63, 3.8) is 0 Å². The number of rotatable bonds is 8. The second-order valence-corrected chi connectivity index (χ2v) is 8.34. The number of carbonyl (C=O) groups excluding carboxylic acids is 2. The predicted molar refractivity (Wildman–Crippen MR) is 115 cm³/mol. The van der Waals surface area contributed by atoms with Gasteiger partial charge >= 0.3 is 0 Å². The van der Waals surface area contributed by atoms with Crippen molar-refractivity contribution >= 4 is 28.8 Å². The fraction of sp³-hybridized carbons (Fsp3) is 0.364. The Labute approximate surface area is 178 Å². The Bertz CT molecular complexity index is 993. The molecular weight excluding hydrogens is 400 g/mol. The Morgan fingerprint density at radius 3 is 2.77 bits per heavy atom. The maximum atomic E-state index is 12.6. The van der Waals surface area contributed by atoms with E-state index in [2.05, 4.69) is 20.8 Å². The minimum absolute atomic E-state index is 0.134. The molecule has 1 fully saturated rings. The summed E-state index contributed by atoms with van der Waals surface area (Å²) in [6.45, 7) is 0. The lowest BCUT2D eigenvalue weighted by Crippen LogP contribution is -2.33. The SMILES string of the molecule is O=C(CCCc1nc(-c2cccs2)no1)Nc1ccccc1C(=O)NC1CCCC1. The molecule has 2 N–H and O–H groups in total. The Morgan fingerprint density at radius 1 is 1.13 bits per heavy atom. The summed E-state index contributed by atoms with van der Waals surface area (Å²) in [6.07, 6.45) is 5.74. The van der Waals surface area contributed by atoms with Gasteiger partial charge in [-0.3, -0.25) is 9.59 Å². The van der Waals surface area contributed by atoms with Gasteiger partial charge in [0, 0.05) is 18.9 Å². The number of hydrogen-bond donors (Lipinski definition) is 2. The fourth-order valence-corrected chi connectivity index (χ4v) is 4.25. The zero-order valence-electron chi connectivity index (χ0n) is 16.6. The monoisotopic (exact) mass is 424 g/mol. The zero-order valence-corrected chi connectivity index (χ0v) is 17.4. The largest absolute Gasteiger partial charge is 0.349 e. The van der Waals surface area contributed by atoms with E-state index >= 15 is 0 Å². The highest BCUT2D eigenvalue weighted by Crippen LogP contribution is 2.22. The van der Waals surface area contributed by atoms with Gasteiger partial charge in [0.2, 0.25) is 17.6 Å². The molecule has 0 bridgehead atoms. The lowest BCUT2D eigenvalue weighted by Gasteiger charge is -2.15. The molecule has 1 aliphatic rings. The van der Waals surface area contributed by atoms with Crippen LogP contribution in [0.2, 0.25) is 0 Å². The molecule has 0 atom stereocenters. The molecule has 1 saturated carbocycles. The van der Waals surface area contributed by atoms with Crippen molar-refractivity contribution in [1.82, 2.24) is 15.5 Å². The summed E-state index contributed by atoms with van der Waals surface area (Å²) < 4.78 is 5.26. The summed E-state index contributed by atoms with van der Waals surface area (Å²) in [4.78, 5) is 30.3. The van der Waals surface area contributed by atoms with E-state index in [4.69, 9.17) is 4.52 Å². The molecule has 0 unspecified atom stereocenters. The normalized spacial score (nSPS) is 14.0. The second-order valence-electron chi connectivity index (χ2n) is 7.39. The van der Waals surface area contributed by atoms with E-state index in [9.17, 15) is 9.59 Å². The number of aromatic nitrogens is 2. The minimum atomic E-state index is -0.144. The summed E-state index contributed by atoms with van der Waals surface area (Å²) in [5.41, 5.74) is 1.03. The lowest BCUT2D eigenvalue weighted by molar-refractivity contribution is -0.116. The van der Waals surface area contributed by atoms with Gasteiger partial charge in [0.15, 0.2) is 0 Å². The number of anilines is 1. The second kappa shape index (κ2) is 9.67. The molecule has 0 aliphatic heterocycles. The Hall–Kier alpha value is -3.00. The Morgan fingerprint density at radius 2 is 1.97 bits per heavy atom. The van der Waals surface area contributed by atoms with E-state index < -0.39 is 0 Å². The van der Waals surface area contributed by atoms with Crippen LogP contribution in [0.4, 0.5) is 5.69 Å². The van der Waals surface area contributed by atoms with Crippen LogP contribution < -0.4 is 10.6 Å². The van der Waals surface area contributed by atoms with Crippen molar-refractivity contribution < 1.29 is 14.1 Å². The van der Waals surface area contributed by atoms with Crippen LogP contribution in [0, 0.1) is 0 Å². The molecule has 156 valence electrons. The van der Waals surface area contributed by atoms with E-state index in [1.165, 1.54) is 0 Å². The first-order chi connectivity index (χ1) is 14.7. The van der Waals surface area contributed by atoms with Gasteiger partial charge in [-0.1, -0.05) is 36.2 Å². The Kier molecular flexibility index (Phi) is 6.53. The molecule has 7 nitrogen and oxygen atoms in total. The van der Waals surface area contributed by atoms with Gasteiger partial charge in [-0.05, 0) is 42.8 Å².